The first-order valence-corrected chi connectivity index (χ1v) is 20.5. The first-order chi connectivity index (χ1) is 30.3. The number of benzene rings is 9. The third kappa shape index (κ3) is 6.22. The average Bonchev–Trinajstić information content (AvgIpc) is 3.84. The molecule has 11 rings (SSSR count). The topological polar surface area (TPSA) is 25.6 Å². The largest absolute Gasteiger partial charge is 0.573 e. The maximum atomic E-state index is 12.9. The molecule has 9 aromatic carbocycles. The van der Waals surface area contributed by atoms with Gasteiger partial charge in [0.25, 0.3) is 0 Å². The van der Waals surface area contributed by atoms with Crippen molar-refractivity contribution < 1.29 is 22.3 Å². The summed E-state index contributed by atoms with van der Waals surface area (Å²) in [6.07, 6.45) is -4.75. The van der Waals surface area contributed by atoms with E-state index in [2.05, 4.69) is 161 Å². The summed E-state index contributed by atoms with van der Waals surface area (Å²) in [5.41, 5.74) is 15.0. The van der Waals surface area contributed by atoms with Crippen LogP contribution in [0.5, 0.6) is 5.75 Å². The smallest absolute Gasteiger partial charge is 0.455 e. The number of anilines is 3. The predicted molar refractivity (Wildman–Crippen MR) is 243 cm³/mol. The molecule has 1 aliphatic rings. The van der Waals surface area contributed by atoms with Gasteiger partial charge in [0.05, 0.1) is 5.41 Å². The summed E-state index contributed by atoms with van der Waals surface area (Å²) in [4.78, 5) is 2.23. The minimum Gasteiger partial charge on any atom is -0.455 e. The third-order valence-electron chi connectivity index (χ3n) is 12.1. The van der Waals surface area contributed by atoms with Crippen LogP contribution in [0.3, 0.4) is 0 Å². The molecule has 0 aliphatic heterocycles. The van der Waals surface area contributed by atoms with Gasteiger partial charge < -0.3 is 14.1 Å². The van der Waals surface area contributed by atoms with Crippen LogP contribution in [-0.2, 0) is 5.41 Å². The Morgan fingerprint density at radius 2 is 0.871 bits per heavy atom. The molecule has 0 bridgehead atoms. The van der Waals surface area contributed by atoms with Gasteiger partial charge in [-0.2, -0.15) is 0 Å². The fourth-order valence-electron chi connectivity index (χ4n) is 9.44. The van der Waals surface area contributed by atoms with Gasteiger partial charge in [0, 0.05) is 33.4 Å². The number of hydrogen-bond donors (Lipinski definition) is 0. The van der Waals surface area contributed by atoms with Gasteiger partial charge in [-0.05, 0) is 105 Å². The maximum Gasteiger partial charge on any atom is 0.573 e. The minimum atomic E-state index is -4.75. The highest BCUT2D eigenvalue weighted by molar-refractivity contribution is 6.09. The molecule has 0 saturated heterocycles. The van der Waals surface area contributed by atoms with E-state index in [0.717, 1.165) is 66.8 Å². The van der Waals surface area contributed by atoms with Crippen LogP contribution in [0.2, 0.25) is 0 Å². The molecule has 62 heavy (non-hydrogen) atoms. The summed E-state index contributed by atoms with van der Waals surface area (Å²) in [5, 5.41) is 2.16. The van der Waals surface area contributed by atoms with Crippen molar-refractivity contribution in [1.29, 1.82) is 0 Å². The Morgan fingerprint density at radius 1 is 0.403 bits per heavy atom. The molecule has 6 heteroatoms. The van der Waals surface area contributed by atoms with E-state index >= 15 is 0 Å². The SMILES string of the molecule is FC(F)(F)Oc1ccc(-c2ccc(N(c3ccc(-c4cccc5c4oc4ccccc45)cc3)c3ccc(C4(c5ccccc5)c5ccccc5-c5ccccc54)cc3)cc2)cc1. The van der Waals surface area contributed by atoms with Crippen LogP contribution in [0.1, 0.15) is 22.3 Å². The van der Waals surface area contributed by atoms with Crippen LogP contribution in [0.4, 0.5) is 30.2 Å². The monoisotopic (exact) mass is 811 g/mol. The minimum absolute atomic E-state index is 0.258. The van der Waals surface area contributed by atoms with Crippen molar-refractivity contribution in [1.82, 2.24) is 0 Å². The summed E-state index contributed by atoms with van der Waals surface area (Å²) in [6.45, 7) is 0. The quantitative estimate of drug-likeness (QED) is 0.153. The van der Waals surface area contributed by atoms with Crippen molar-refractivity contribution in [2.75, 3.05) is 4.90 Å². The molecule has 298 valence electrons. The van der Waals surface area contributed by atoms with Crippen molar-refractivity contribution in [3.8, 4) is 39.1 Å². The molecule has 0 atom stereocenters. The summed E-state index contributed by atoms with van der Waals surface area (Å²) in [6, 6.07) is 74.0. The highest BCUT2D eigenvalue weighted by Gasteiger charge is 2.45. The maximum absolute atomic E-state index is 12.9. The summed E-state index contributed by atoms with van der Waals surface area (Å²) in [7, 11) is 0. The van der Waals surface area contributed by atoms with Gasteiger partial charge in [-0.1, -0.05) is 164 Å². The van der Waals surface area contributed by atoms with Crippen LogP contribution >= 0.6 is 0 Å². The Bertz CT molecular complexity index is 3180. The van der Waals surface area contributed by atoms with Crippen molar-refractivity contribution in [2.45, 2.75) is 11.8 Å². The van der Waals surface area contributed by atoms with Crippen molar-refractivity contribution >= 4 is 39.0 Å². The van der Waals surface area contributed by atoms with Crippen molar-refractivity contribution in [3.05, 3.63) is 241 Å². The first kappa shape index (κ1) is 37.2. The molecule has 10 aromatic rings. The van der Waals surface area contributed by atoms with Gasteiger partial charge in [0.15, 0.2) is 0 Å². The normalized spacial score (nSPS) is 12.9. The first-order valence-electron chi connectivity index (χ1n) is 20.5. The van der Waals surface area contributed by atoms with E-state index in [1.54, 1.807) is 12.1 Å². The predicted octanol–water partition coefficient (Wildman–Crippen LogP) is 15.7. The number of ether oxygens (including phenoxy) is 1. The fourth-order valence-corrected chi connectivity index (χ4v) is 9.44. The van der Waals surface area contributed by atoms with Crippen LogP contribution in [0, 0.1) is 0 Å². The molecule has 0 radical (unpaired) electrons. The summed E-state index contributed by atoms with van der Waals surface area (Å²) in [5.74, 6) is -0.258. The molecule has 3 nitrogen and oxygen atoms in total. The molecule has 1 aliphatic carbocycles. The number of halogens is 3. The van der Waals surface area contributed by atoms with E-state index in [1.807, 2.05) is 42.5 Å². The molecule has 1 aromatic heterocycles. The second kappa shape index (κ2) is 14.7. The Morgan fingerprint density at radius 3 is 1.48 bits per heavy atom. The molecule has 0 fully saturated rings. The molecule has 0 saturated carbocycles. The lowest BCUT2D eigenvalue weighted by Crippen LogP contribution is -2.28. The van der Waals surface area contributed by atoms with Crippen LogP contribution in [0.15, 0.2) is 223 Å². The van der Waals surface area contributed by atoms with Gasteiger partial charge in [-0.3, -0.25) is 0 Å². The third-order valence-corrected chi connectivity index (χ3v) is 12.1. The fraction of sp³-hybridized carbons (Fsp3) is 0.0357. The molecule has 0 spiro atoms. The number of para-hydroxylation sites is 2. The Balaban J connectivity index is 1.02. The zero-order valence-electron chi connectivity index (χ0n) is 33.2. The molecular weight excluding hydrogens is 776 g/mol. The van der Waals surface area contributed by atoms with Gasteiger partial charge in [0.1, 0.15) is 16.9 Å². The number of rotatable bonds is 8. The molecule has 0 amide bonds. The zero-order valence-corrected chi connectivity index (χ0v) is 33.2. The van der Waals surface area contributed by atoms with Crippen LogP contribution in [-0.4, -0.2) is 6.36 Å². The van der Waals surface area contributed by atoms with E-state index in [1.165, 1.54) is 39.9 Å². The van der Waals surface area contributed by atoms with Crippen molar-refractivity contribution in [3.63, 3.8) is 0 Å². The summed E-state index contributed by atoms with van der Waals surface area (Å²) >= 11 is 0. The molecular formula is C56H36F3NO2. The molecule has 0 unspecified atom stereocenters. The second-order valence-corrected chi connectivity index (χ2v) is 15.5. The van der Waals surface area contributed by atoms with Crippen LogP contribution < -0.4 is 9.64 Å². The number of hydrogen-bond acceptors (Lipinski definition) is 3. The Kier molecular flexibility index (Phi) is 8.83. The standard InChI is InChI=1S/C56H36F3NO2/c57-56(58,59)62-45-35-25-38(26-36-45)37-21-29-42(30-22-37)60(43-31-23-39(24-32-43)46-16-10-17-50-49-15-6-9-20-53(49)61-54(46)50)44-33-27-41(28-34-44)55(40-11-2-1-3-12-40)51-18-7-4-13-47(51)48-14-5-8-19-52(48)55/h1-36H. The highest BCUT2D eigenvalue weighted by Crippen LogP contribution is 2.56. The average molecular weight is 812 g/mol. The lowest BCUT2D eigenvalue weighted by Gasteiger charge is -2.34. The highest BCUT2D eigenvalue weighted by atomic mass is 19.4. The number of furan rings is 1. The van der Waals surface area contributed by atoms with E-state index in [0.29, 0.717) is 0 Å². The molecule has 0 N–H and O–H groups in total. The number of fused-ring (bicyclic) bond motifs is 6. The van der Waals surface area contributed by atoms with Crippen LogP contribution in [0.25, 0.3) is 55.3 Å². The zero-order chi connectivity index (χ0) is 41.8. The van der Waals surface area contributed by atoms with Gasteiger partial charge in [-0.15, -0.1) is 13.2 Å². The Labute approximate surface area is 356 Å². The van der Waals surface area contributed by atoms with Gasteiger partial charge in [-0.25, -0.2) is 0 Å². The lowest BCUT2D eigenvalue weighted by molar-refractivity contribution is -0.274. The van der Waals surface area contributed by atoms with E-state index < -0.39 is 11.8 Å². The number of nitrogens with zero attached hydrogens (tertiary/aromatic N) is 1. The van der Waals surface area contributed by atoms with Crippen molar-refractivity contribution in [2.24, 2.45) is 0 Å². The van der Waals surface area contributed by atoms with E-state index in [-0.39, 0.29) is 5.75 Å². The second-order valence-electron chi connectivity index (χ2n) is 15.5. The van der Waals surface area contributed by atoms with E-state index in [4.69, 9.17) is 4.42 Å². The van der Waals surface area contributed by atoms with E-state index in [9.17, 15) is 13.2 Å². The van der Waals surface area contributed by atoms with Gasteiger partial charge >= 0.3 is 6.36 Å². The summed E-state index contributed by atoms with van der Waals surface area (Å²) < 4.78 is 49.1. The number of alkyl halides is 3. The molecule has 1 heterocycles. The lowest BCUT2D eigenvalue weighted by atomic mass is 9.68. The Hall–Kier alpha value is -7.83. The van der Waals surface area contributed by atoms with Gasteiger partial charge in [0.2, 0.25) is 0 Å².